The molecule has 0 spiro atoms. The lowest BCUT2D eigenvalue weighted by Crippen LogP contribution is -2.34. The average Bonchev–Trinajstić information content (AvgIpc) is 2.52. The van der Waals surface area contributed by atoms with Crippen LogP contribution in [0.15, 0.2) is 41.7 Å². The summed E-state index contributed by atoms with van der Waals surface area (Å²) < 4.78 is 1.42. The first-order valence-electron chi connectivity index (χ1n) is 6.91. The summed E-state index contributed by atoms with van der Waals surface area (Å²) in [7, 11) is 0. The van der Waals surface area contributed by atoms with Crippen LogP contribution in [0.2, 0.25) is 0 Å². The molecule has 0 aliphatic carbocycles. The van der Waals surface area contributed by atoms with Crippen LogP contribution in [0.4, 0.5) is 0 Å². The first kappa shape index (κ1) is 16.1. The molecule has 0 atom stereocenters. The van der Waals surface area contributed by atoms with E-state index in [1.807, 2.05) is 0 Å². The van der Waals surface area contributed by atoms with Gasteiger partial charge in [-0.25, -0.2) is 0 Å². The topological polar surface area (TPSA) is 71.3 Å². The molecule has 0 aliphatic heterocycles. The summed E-state index contributed by atoms with van der Waals surface area (Å²) in [5.74, 6) is -0.495. The van der Waals surface area contributed by atoms with Crippen LogP contribution in [0.25, 0.3) is 10.9 Å². The maximum absolute atomic E-state index is 12.5. The van der Waals surface area contributed by atoms with Gasteiger partial charge in [0.15, 0.2) is 0 Å². The van der Waals surface area contributed by atoms with Crippen LogP contribution in [0.5, 0.6) is 5.75 Å². The van der Waals surface area contributed by atoms with E-state index in [1.165, 1.54) is 4.57 Å². The molecule has 22 heavy (non-hydrogen) atoms. The molecule has 0 unspecified atom stereocenters. The minimum atomic E-state index is -0.601. The fraction of sp³-hybridized carbons (Fsp3) is 0.250. The number of carbonyl (C=O) groups excluding carboxylic acids is 1. The fourth-order valence-corrected chi connectivity index (χ4v) is 2.40. The Balaban J connectivity index is 2.61. The number of nitrogens with one attached hydrogen (secondary N) is 1. The lowest BCUT2D eigenvalue weighted by Gasteiger charge is -2.13. The highest BCUT2D eigenvalue weighted by atomic mass is 35.5. The number of halogens is 1. The predicted octanol–water partition coefficient (Wildman–Crippen LogP) is 2.25. The second kappa shape index (κ2) is 7.13. The van der Waals surface area contributed by atoms with Gasteiger partial charge in [-0.2, -0.15) is 0 Å². The molecular formula is C16H17ClN2O3. The zero-order valence-electron chi connectivity index (χ0n) is 12.0. The summed E-state index contributed by atoms with van der Waals surface area (Å²) >= 11 is 5.56. The molecule has 0 saturated carbocycles. The van der Waals surface area contributed by atoms with Gasteiger partial charge in [-0.15, -0.1) is 18.2 Å². The number of amides is 1. The van der Waals surface area contributed by atoms with E-state index in [0.717, 1.165) is 0 Å². The van der Waals surface area contributed by atoms with Crippen LogP contribution in [0, 0.1) is 0 Å². The van der Waals surface area contributed by atoms with Crippen molar-refractivity contribution in [2.24, 2.45) is 0 Å². The van der Waals surface area contributed by atoms with Crippen LogP contribution in [-0.2, 0) is 6.54 Å². The average molecular weight is 321 g/mol. The Morgan fingerprint density at radius 3 is 2.82 bits per heavy atom. The van der Waals surface area contributed by atoms with E-state index in [1.54, 1.807) is 30.3 Å². The Bertz CT molecular complexity index is 768. The molecular weight excluding hydrogens is 304 g/mol. The van der Waals surface area contributed by atoms with E-state index in [0.29, 0.717) is 29.7 Å². The van der Waals surface area contributed by atoms with E-state index in [4.69, 9.17) is 11.6 Å². The molecule has 6 heteroatoms. The minimum absolute atomic E-state index is 0.252. The highest BCUT2D eigenvalue weighted by molar-refractivity contribution is 6.17. The van der Waals surface area contributed by atoms with Gasteiger partial charge in [-0.1, -0.05) is 18.2 Å². The van der Waals surface area contributed by atoms with Crippen molar-refractivity contribution in [3.63, 3.8) is 0 Å². The van der Waals surface area contributed by atoms with Crippen molar-refractivity contribution in [1.82, 2.24) is 9.88 Å². The molecule has 1 amide bonds. The second-order valence-corrected chi connectivity index (χ2v) is 5.12. The van der Waals surface area contributed by atoms with Crippen LogP contribution in [0.3, 0.4) is 0 Å². The third kappa shape index (κ3) is 2.99. The van der Waals surface area contributed by atoms with Gasteiger partial charge < -0.3 is 15.0 Å². The normalized spacial score (nSPS) is 10.6. The van der Waals surface area contributed by atoms with Crippen molar-refractivity contribution in [1.29, 1.82) is 0 Å². The van der Waals surface area contributed by atoms with Gasteiger partial charge in [0.1, 0.15) is 11.3 Å². The zero-order chi connectivity index (χ0) is 16.1. The maximum atomic E-state index is 12.5. The molecule has 0 aliphatic rings. The standard InChI is InChI=1S/C16H17ClN2O3/c1-2-10-19-12-7-4-3-6-11(12)14(20)13(16(19)22)15(21)18-9-5-8-17/h2-4,6-7,20H,1,5,8-10H2,(H,18,21). The van der Waals surface area contributed by atoms with Gasteiger partial charge in [-0.3, -0.25) is 9.59 Å². The van der Waals surface area contributed by atoms with Gasteiger partial charge in [0, 0.05) is 24.4 Å². The van der Waals surface area contributed by atoms with Gasteiger partial charge >= 0.3 is 0 Å². The molecule has 2 rings (SSSR count). The Morgan fingerprint density at radius 2 is 2.14 bits per heavy atom. The maximum Gasteiger partial charge on any atom is 0.268 e. The van der Waals surface area contributed by atoms with Crippen molar-refractivity contribution >= 4 is 28.4 Å². The minimum Gasteiger partial charge on any atom is -0.506 e. The van der Waals surface area contributed by atoms with Crippen molar-refractivity contribution in [2.75, 3.05) is 12.4 Å². The van der Waals surface area contributed by atoms with Gasteiger partial charge in [0.25, 0.3) is 11.5 Å². The molecule has 0 radical (unpaired) electrons. The SMILES string of the molecule is C=CCn1c(=O)c(C(=O)NCCCCl)c(O)c2ccccc21. The Morgan fingerprint density at radius 1 is 1.41 bits per heavy atom. The third-order valence-electron chi connectivity index (χ3n) is 3.28. The van der Waals surface area contributed by atoms with E-state index in [2.05, 4.69) is 11.9 Å². The van der Waals surface area contributed by atoms with Gasteiger partial charge in [0.05, 0.1) is 5.52 Å². The van der Waals surface area contributed by atoms with Crippen molar-refractivity contribution in [3.8, 4) is 5.75 Å². The third-order valence-corrected chi connectivity index (χ3v) is 3.55. The number of pyridine rings is 1. The Kier molecular flexibility index (Phi) is 5.22. The molecule has 5 nitrogen and oxygen atoms in total. The monoisotopic (exact) mass is 320 g/mol. The molecule has 1 aromatic carbocycles. The van der Waals surface area contributed by atoms with Crippen LogP contribution in [-0.4, -0.2) is 28.0 Å². The number of aromatic hydroxyl groups is 1. The molecule has 0 bridgehead atoms. The summed E-state index contributed by atoms with van der Waals surface area (Å²) in [6, 6.07) is 6.88. The quantitative estimate of drug-likeness (QED) is 0.487. The number of rotatable bonds is 6. The molecule has 116 valence electrons. The smallest absolute Gasteiger partial charge is 0.268 e. The van der Waals surface area contributed by atoms with Gasteiger partial charge in [-0.05, 0) is 18.6 Å². The number of nitrogens with zero attached hydrogens (tertiary/aromatic N) is 1. The van der Waals surface area contributed by atoms with E-state index in [9.17, 15) is 14.7 Å². The number of carbonyl (C=O) groups is 1. The molecule has 1 aromatic heterocycles. The lowest BCUT2D eigenvalue weighted by atomic mass is 10.1. The van der Waals surface area contributed by atoms with Crippen LogP contribution >= 0.6 is 11.6 Å². The van der Waals surface area contributed by atoms with Crippen LogP contribution in [0.1, 0.15) is 16.8 Å². The summed E-state index contributed by atoms with van der Waals surface area (Å²) in [5.41, 5.74) is -0.239. The predicted molar refractivity (Wildman–Crippen MR) is 87.7 cm³/mol. The van der Waals surface area contributed by atoms with E-state index < -0.39 is 11.5 Å². The molecule has 0 saturated heterocycles. The van der Waals surface area contributed by atoms with Crippen molar-refractivity contribution in [3.05, 3.63) is 52.8 Å². The van der Waals surface area contributed by atoms with E-state index >= 15 is 0 Å². The highest BCUT2D eigenvalue weighted by Gasteiger charge is 2.21. The number of fused-ring (bicyclic) bond motifs is 1. The van der Waals surface area contributed by atoms with Gasteiger partial charge in [0.2, 0.25) is 0 Å². The van der Waals surface area contributed by atoms with Crippen LogP contribution < -0.4 is 10.9 Å². The zero-order valence-corrected chi connectivity index (χ0v) is 12.8. The molecule has 2 aromatic rings. The Labute approximate surface area is 132 Å². The van der Waals surface area contributed by atoms with E-state index in [-0.39, 0.29) is 17.9 Å². The summed E-state index contributed by atoms with van der Waals surface area (Å²) in [6.07, 6.45) is 2.16. The number of para-hydroxylation sites is 1. The molecule has 1 heterocycles. The van der Waals surface area contributed by atoms with Crippen molar-refractivity contribution < 1.29 is 9.90 Å². The fourth-order valence-electron chi connectivity index (χ4n) is 2.26. The number of benzene rings is 1. The number of alkyl halides is 1. The summed E-state index contributed by atoms with van der Waals surface area (Å²) in [4.78, 5) is 24.7. The molecule has 2 N–H and O–H groups in total. The molecule has 0 fully saturated rings. The van der Waals surface area contributed by atoms with Crippen molar-refractivity contribution in [2.45, 2.75) is 13.0 Å². The number of aromatic nitrogens is 1. The number of hydrogen-bond donors (Lipinski definition) is 2. The second-order valence-electron chi connectivity index (χ2n) is 4.74. The largest absolute Gasteiger partial charge is 0.506 e. The lowest BCUT2D eigenvalue weighted by molar-refractivity contribution is 0.0949. The summed E-state index contributed by atoms with van der Waals surface area (Å²) in [6.45, 7) is 4.22. The summed E-state index contributed by atoms with van der Waals surface area (Å²) in [5, 5.41) is 13.4. The number of allylic oxidation sites excluding steroid dienone is 1. The highest BCUT2D eigenvalue weighted by Crippen LogP contribution is 2.26. The first-order valence-corrected chi connectivity index (χ1v) is 7.44. The first-order chi connectivity index (χ1) is 10.6. The number of hydrogen-bond acceptors (Lipinski definition) is 3. The Hall–Kier alpha value is -2.27.